The molecule has 0 amide bonds. The van der Waals surface area contributed by atoms with E-state index in [-0.39, 0.29) is 0 Å². The zero-order chi connectivity index (χ0) is 10.2. The minimum atomic E-state index is -0.704. The third-order valence-corrected chi connectivity index (χ3v) is 2.86. The number of nitrogens with zero attached hydrogens (tertiary/aromatic N) is 1. The lowest BCUT2D eigenvalue weighted by molar-refractivity contribution is 0.0576. The first kappa shape index (κ1) is 9.62. The molecule has 1 atom stereocenters. The molecule has 2 rings (SSSR count). The summed E-state index contributed by atoms with van der Waals surface area (Å²) in [6.45, 7) is 5.44. The summed E-state index contributed by atoms with van der Waals surface area (Å²) in [5.74, 6) is 0. The third kappa shape index (κ3) is 1.53. The first-order valence-electron chi connectivity index (χ1n) is 5.00. The molecule has 1 unspecified atom stereocenters. The Morgan fingerprint density at radius 3 is 2.79 bits per heavy atom. The summed E-state index contributed by atoms with van der Waals surface area (Å²) < 4.78 is 0. The van der Waals surface area contributed by atoms with Gasteiger partial charge in [-0.15, -0.1) is 0 Å². The summed E-state index contributed by atoms with van der Waals surface area (Å²) in [4.78, 5) is 4.38. The van der Waals surface area contributed by atoms with E-state index in [4.69, 9.17) is 0 Å². The van der Waals surface area contributed by atoms with Crippen molar-refractivity contribution in [3.8, 4) is 0 Å². The van der Waals surface area contributed by atoms with Crippen LogP contribution in [0.5, 0.6) is 0 Å². The van der Waals surface area contributed by atoms with E-state index in [1.54, 1.807) is 0 Å². The van der Waals surface area contributed by atoms with Crippen LogP contribution in [0.2, 0.25) is 0 Å². The molecule has 1 aromatic heterocycles. The van der Waals surface area contributed by atoms with Gasteiger partial charge >= 0.3 is 0 Å². The maximum absolute atomic E-state index is 10.3. The standard InChI is InChI=1S/C11H16N2O/c1-8-3-4-10(9(2)13-8)11(14)5-6-12-7-11/h3-4,12,14H,5-7H2,1-2H3. The Labute approximate surface area is 84.2 Å². The number of hydrogen-bond donors (Lipinski definition) is 2. The van der Waals surface area contributed by atoms with Crippen molar-refractivity contribution in [3.63, 3.8) is 0 Å². The maximum atomic E-state index is 10.3. The van der Waals surface area contributed by atoms with Crippen LogP contribution < -0.4 is 5.32 Å². The van der Waals surface area contributed by atoms with Crippen LogP contribution in [0.15, 0.2) is 12.1 Å². The second-order valence-electron chi connectivity index (χ2n) is 4.04. The Morgan fingerprint density at radius 1 is 1.43 bits per heavy atom. The first-order chi connectivity index (χ1) is 6.62. The topological polar surface area (TPSA) is 45.1 Å². The predicted molar refractivity (Wildman–Crippen MR) is 55.1 cm³/mol. The van der Waals surface area contributed by atoms with Crippen LogP contribution in [0.3, 0.4) is 0 Å². The molecule has 0 saturated carbocycles. The Balaban J connectivity index is 2.40. The van der Waals surface area contributed by atoms with E-state index in [2.05, 4.69) is 10.3 Å². The van der Waals surface area contributed by atoms with Crippen molar-refractivity contribution in [3.05, 3.63) is 29.1 Å². The van der Waals surface area contributed by atoms with Gasteiger partial charge in [0.1, 0.15) is 5.60 Å². The minimum absolute atomic E-state index is 0.637. The van der Waals surface area contributed by atoms with Crippen LogP contribution in [0, 0.1) is 13.8 Å². The van der Waals surface area contributed by atoms with Crippen LogP contribution in [0.1, 0.15) is 23.4 Å². The normalized spacial score (nSPS) is 26.8. The SMILES string of the molecule is Cc1ccc(C2(O)CCNC2)c(C)n1. The molecule has 0 radical (unpaired) electrons. The number of aliphatic hydroxyl groups is 1. The highest BCUT2D eigenvalue weighted by molar-refractivity contribution is 5.29. The summed E-state index contributed by atoms with van der Waals surface area (Å²) in [6.07, 6.45) is 0.776. The summed E-state index contributed by atoms with van der Waals surface area (Å²) in [5.41, 5.74) is 2.20. The molecule has 3 nitrogen and oxygen atoms in total. The number of β-amino-alcohol motifs (C(OH)–C–C–N with tert-alkyl or cyclic N) is 1. The van der Waals surface area contributed by atoms with Gasteiger partial charge < -0.3 is 10.4 Å². The Morgan fingerprint density at radius 2 is 2.21 bits per heavy atom. The van der Waals surface area contributed by atoms with Crippen molar-refractivity contribution in [2.75, 3.05) is 13.1 Å². The van der Waals surface area contributed by atoms with Crippen molar-refractivity contribution in [2.24, 2.45) is 0 Å². The smallest absolute Gasteiger partial charge is 0.105 e. The van der Waals surface area contributed by atoms with Crippen molar-refractivity contribution in [1.82, 2.24) is 10.3 Å². The molecule has 76 valence electrons. The average molecular weight is 192 g/mol. The highest BCUT2D eigenvalue weighted by Crippen LogP contribution is 2.29. The van der Waals surface area contributed by atoms with Crippen LogP contribution >= 0.6 is 0 Å². The quantitative estimate of drug-likeness (QED) is 0.694. The van der Waals surface area contributed by atoms with Crippen molar-refractivity contribution < 1.29 is 5.11 Å². The molecule has 1 aromatic rings. The van der Waals surface area contributed by atoms with Gasteiger partial charge in [-0.05, 0) is 32.9 Å². The largest absolute Gasteiger partial charge is 0.384 e. The molecule has 0 spiro atoms. The number of nitrogens with one attached hydrogen (secondary N) is 1. The fourth-order valence-electron chi connectivity index (χ4n) is 2.09. The molecular weight excluding hydrogens is 176 g/mol. The van der Waals surface area contributed by atoms with Gasteiger partial charge in [-0.1, -0.05) is 6.07 Å². The number of hydrogen-bond acceptors (Lipinski definition) is 3. The molecule has 0 aromatic carbocycles. The van der Waals surface area contributed by atoms with E-state index >= 15 is 0 Å². The average Bonchev–Trinajstić information content (AvgIpc) is 2.52. The predicted octanol–water partition coefficient (Wildman–Crippen LogP) is 0.879. The second kappa shape index (κ2) is 3.33. The summed E-state index contributed by atoms with van der Waals surface area (Å²) in [5, 5.41) is 13.5. The molecule has 1 aliphatic heterocycles. The van der Waals surface area contributed by atoms with Gasteiger partial charge in [0.05, 0.1) is 0 Å². The Kier molecular flexibility index (Phi) is 2.29. The van der Waals surface area contributed by atoms with Gasteiger partial charge in [0.2, 0.25) is 0 Å². The van der Waals surface area contributed by atoms with Gasteiger partial charge in [-0.3, -0.25) is 4.98 Å². The Hall–Kier alpha value is -0.930. The Bertz CT molecular complexity index is 343. The lowest BCUT2D eigenvalue weighted by atomic mass is 9.92. The molecule has 3 heteroatoms. The third-order valence-electron chi connectivity index (χ3n) is 2.86. The molecule has 2 N–H and O–H groups in total. The van der Waals surface area contributed by atoms with Gasteiger partial charge in [0.15, 0.2) is 0 Å². The van der Waals surface area contributed by atoms with Crippen molar-refractivity contribution in [1.29, 1.82) is 0 Å². The summed E-state index contributed by atoms with van der Waals surface area (Å²) in [7, 11) is 0. The molecule has 0 aliphatic carbocycles. The molecule has 1 saturated heterocycles. The lowest BCUT2D eigenvalue weighted by Crippen LogP contribution is -2.29. The van der Waals surface area contributed by atoms with Crippen LogP contribution in [-0.4, -0.2) is 23.2 Å². The van der Waals surface area contributed by atoms with E-state index in [0.29, 0.717) is 6.54 Å². The molecule has 1 fully saturated rings. The van der Waals surface area contributed by atoms with Gasteiger partial charge in [-0.2, -0.15) is 0 Å². The van der Waals surface area contributed by atoms with Gasteiger partial charge in [-0.25, -0.2) is 0 Å². The van der Waals surface area contributed by atoms with Crippen LogP contribution in [-0.2, 0) is 5.60 Å². The van der Waals surface area contributed by atoms with Crippen molar-refractivity contribution >= 4 is 0 Å². The van der Waals surface area contributed by atoms with E-state index in [1.807, 2.05) is 26.0 Å². The summed E-state index contributed by atoms with van der Waals surface area (Å²) in [6, 6.07) is 3.95. The van der Waals surface area contributed by atoms with Crippen molar-refractivity contribution in [2.45, 2.75) is 25.9 Å². The number of aryl methyl sites for hydroxylation is 2. The van der Waals surface area contributed by atoms with Gasteiger partial charge in [0.25, 0.3) is 0 Å². The molecule has 14 heavy (non-hydrogen) atoms. The van der Waals surface area contributed by atoms with E-state index in [9.17, 15) is 5.11 Å². The minimum Gasteiger partial charge on any atom is -0.384 e. The van der Waals surface area contributed by atoms with Gasteiger partial charge in [0, 0.05) is 23.5 Å². The number of aromatic nitrogens is 1. The van der Waals surface area contributed by atoms with E-state index < -0.39 is 5.60 Å². The molecular formula is C11H16N2O. The fraction of sp³-hybridized carbons (Fsp3) is 0.545. The zero-order valence-electron chi connectivity index (χ0n) is 8.67. The molecule has 1 aliphatic rings. The molecule has 2 heterocycles. The lowest BCUT2D eigenvalue weighted by Gasteiger charge is -2.23. The molecule has 0 bridgehead atoms. The van der Waals surface area contributed by atoms with Crippen LogP contribution in [0.25, 0.3) is 0 Å². The number of pyridine rings is 1. The summed E-state index contributed by atoms with van der Waals surface area (Å²) >= 11 is 0. The maximum Gasteiger partial charge on any atom is 0.105 e. The first-order valence-corrected chi connectivity index (χ1v) is 5.00. The monoisotopic (exact) mass is 192 g/mol. The van der Waals surface area contributed by atoms with Crippen LogP contribution in [0.4, 0.5) is 0 Å². The van der Waals surface area contributed by atoms with E-state index in [0.717, 1.165) is 29.9 Å². The highest BCUT2D eigenvalue weighted by atomic mass is 16.3. The number of rotatable bonds is 1. The zero-order valence-corrected chi connectivity index (χ0v) is 8.67. The highest BCUT2D eigenvalue weighted by Gasteiger charge is 2.34. The second-order valence-corrected chi connectivity index (χ2v) is 4.04. The fourth-order valence-corrected chi connectivity index (χ4v) is 2.09. The van der Waals surface area contributed by atoms with E-state index in [1.165, 1.54) is 0 Å².